The van der Waals surface area contributed by atoms with Gasteiger partial charge in [-0.3, -0.25) is 5.14 Å². The van der Waals surface area contributed by atoms with Gasteiger partial charge in [0.1, 0.15) is 11.5 Å². The summed E-state index contributed by atoms with van der Waals surface area (Å²) in [5.74, 6) is 0.469. The number of allylic oxidation sites excluding steroid dienone is 2. The molecule has 0 fully saturated rings. The second-order valence-corrected chi connectivity index (χ2v) is 6.88. The maximum atomic E-state index is 10.7. The highest BCUT2D eigenvalue weighted by atomic mass is 32.2. The number of phenolic OH excluding ortho intramolecular Hbond substituents is 2. The van der Waals surface area contributed by atoms with E-state index in [1.807, 2.05) is 0 Å². The molecule has 4 N–H and O–H groups in total. The standard InChI is InChI=1S/C18H27NO2S/c1-3-4-5-8-14-11-15(20)16(17(21)18(14)22-19)13-9-6-7-12(2)10-13/h10-11,13,20-21H,3-9,19H2,1-2H3. The summed E-state index contributed by atoms with van der Waals surface area (Å²) in [6, 6.07) is 1.80. The molecule has 0 aromatic heterocycles. The molecule has 1 aromatic carbocycles. The van der Waals surface area contributed by atoms with E-state index in [0.29, 0.717) is 5.56 Å². The third kappa shape index (κ3) is 3.79. The second-order valence-electron chi connectivity index (χ2n) is 6.23. The molecule has 1 atom stereocenters. The molecule has 0 bridgehead atoms. The van der Waals surface area contributed by atoms with E-state index in [4.69, 9.17) is 5.14 Å². The number of nitrogens with two attached hydrogens (primary N) is 1. The lowest BCUT2D eigenvalue weighted by Gasteiger charge is -2.23. The number of hydrogen-bond acceptors (Lipinski definition) is 4. The molecular formula is C18H27NO2S. The Morgan fingerprint density at radius 2 is 2.09 bits per heavy atom. The molecule has 1 unspecified atom stereocenters. The van der Waals surface area contributed by atoms with Crippen molar-refractivity contribution in [3.05, 3.63) is 28.8 Å². The first-order valence-electron chi connectivity index (χ1n) is 8.20. The lowest BCUT2D eigenvalue weighted by Crippen LogP contribution is -2.05. The van der Waals surface area contributed by atoms with E-state index in [2.05, 4.69) is 19.9 Å². The maximum Gasteiger partial charge on any atom is 0.138 e. The van der Waals surface area contributed by atoms with Gasteiger partial charge in [0.05, 0.1) is 4.90 Å². The van der Waals surface area contributed by atoms with Gasteiger partial charge in [0, 0.05) is 11.5 Å². The van der Waals surface area contributed by atoms with Crippen LogP contribution in [-0.2, 0) is 6.42 Å². The molecule has 0 heterocycles. The Morgan fingerprint density at radius 3 is 2.73 bits per heavy atom. The van der Waals surface area contributed by atoms with Crippen LogP contribution in [0.25, 0.3) is 0 Å². The highest BCUT2D eigenvalue weighted by Crippen LogP contribution is 2.46. The third-order valence-electron chi connectivity index (χ3n) is 4.46. The molecule has 1 aliphatic carbocycles. The van der Waals surface area contributed by atoms with E-state index in [0.717, 1.165) is 67.4 Å². The average molecular weight is 321 g/mol. The predicted molar refractivity (Wildman–Crippen MR) is 93.4 cm³/mol. The van der Waals surface area contributed by atoms with Crippen LogP contribution in [0.4, 0.5) is 0 Å². The van der Waals surface area contributed by atoms with Crippen LogP contribution in [0.1, 0.15) is 69.4 Å². The molecule has 0 radical (unpaired) electrons. The second kappa shape index (κ2) is 7.93. The Morgan fingerprint density at radius 1 is 1.32 bits per heavy atom. The Balaban J connectivity index is 2.37. The van der Waals surface area contributed by atoms with Crippen LogP contribution in [0.5, 0.6) is 11.5 Å². The van der Waals surface area contributed by atoms with Crippen molar-refractivity contribution in [2.24, 2.45) is 5.14 Å². The van der Waals surface area contributed by atoms with Gasteiger partial charge >= 0.3 is 0 Å². The largest absolute Gasteiger partial charge is 0.507 e. The predicted octanol–water partition coefficient (Wildman–Crippen LogP) is 5.01. The number of benzene rings is 1. The van der Waals surface area contributed by atoms with Crippen LogP contribution in [0, 0.1) is 0 Å². The fourth-order valence-corrected chi connectivity index (χ4v) is 3.82. The van der Waals surface area contributed by atoms with Crippen LogP contribution >= 0.6 is 11.9 Å². The highest BCUT2D eigenvalue weighted by Gasteiger charge is 2.24. The normalized spacial score (nSPS) is 18.3. The van der Waals surface area contributed by atoms with Crippen molar-refractivity contribution in [3.8, 4) is 11.5 Å². The zero-order valence-corrected chi connectivity index (χ0v) is 14.4. The Bertz CT molecular complexity index is 555. The van der Waals surface area contributed by atoms with Crippen LogP contribution < -0.4 is 5.14 Å². The first kappa shape index (κ1) is 17.2. The highest BCUT2D eigenvalue weighted by molar-refractivity contribution is 7.97. The summed E-state index contributed by atoms with van der Waals surface area (Å²) in [6.45, 7) is 4.27. The minimum absolute atomic E-state index is 0.0874. The van der Waals surface area contributed by atoms with Crippen molar-refractivity contribution in [1.29, 1.82) is 0 Å². The maximum absolute atomic E-state index is 10.7. The van der Waals surface area contributed by atoms with Crippen molar-refractivity contribution >= 4 is 11.9 Å². The van der Waals surface area contributed by atoms with Crippen molar-refractivity contribution in [1.82, 2.24) is 0 Å². The number of hydrogen-bond donors (Lipinski definition) is 3. The van der Waals surface area contributed by atoms with Crippen LogP contribution in [0.15, 0.2) is 22.6 Å². The van der Waals surface area contributed by atoms with E-state index in [1.54, 1.807) is 6.07 Å². The van der Waals surface area contributed by atoms with Crippen molar-refractivity contribution in [3.63, 3.8) is 0 Å². The molecule has 0 saturated heterocycles. The van der Waals surface area contributed by atoms with Gasteiger partial charge in [-0.05, 0) is 62.6 Å². The van der Waals surface area contributed by atoms with E-state index < -0.39 is 0 Å². The minimum atomic E-state index is 0.0874. The van der Waals surface area contributed by atoms with Gasteiger partial charge in [-0.15, -0.1) is 0 Å². The van der Waals surface area contributed by atoms with Gasteiger partial charge in [-0.2, -0.15) is 0 Å². The zero-order chi connectivity index (χ0) is 16.1. The smallest absolute Gasteiger partial charge is 0.138 e. The van der Waals surface area contributed by atoms with Crippen LogP contribution in [0.3, 0.4) is 0 Å². The first-order valence-corrected chi connectivity index (χ1v) is 9.08. The van der Waals surface area contributed by atoms with E-state index in [9.17, 15) is 10.2 Å². The molecule has 0 saturated carbocycles. The number of phenols is 2. The van der Waals surface area contributed by atoms with E-state index >= 15 is 0 Å². The summed E-state index contributed by atoms with van der Waals surface area (Å²) in [4.78, 5) is 0.723. The topological polar surface area (TPSA) is 66.5 Å². The zero-order valence-electron chi connectivity index (χ0n) is 13.6. The quantitative estimate of drug-likeness (QED) is 0.391. The fraction of sp³-hybridized carbons (Fsp3) is 0.556. The van der Waals surface area contributed by atoms with Crippen molar-refractivity contribution < 1.29 is 10.2 Å². The molecule has 1 aromatic rings. The molecule has 1 aliphatic rings. The molecule has 0 aliphatic heterocycles. The molecule has 122 valence electrons. The van der Waals surface area contributed by atoms with Gasteiger partial charge in [-0.1, -0.05) is 31.4 Å². The number of rotatable bonds is 6. The van der Waals surface area contributed by atoms with Crippen molar-refractivity contribution in [2.45, 2.75) is 69.6 Å². The van der Waals surface area contributed by atoms with E-state index in [1.165, 1.54) is 5.57 Å². The van der Waals surface area contributed by atoms with Gasteiger partial charge in [0.2, 0.25) is 0 Å². The van der Waals surface area contributed by atoms with E-state index in [-0.39, 0.29) is 17.4 Å². The average Bonchev–Trinajstić information content (AvgIpc) is 2.47. The molecule has 0 amide bonds. The number of aryl methyl sites for hydroxylation is 1. The molecule has 0 spiro atoms. The molecule has 2 rings (SSSR count). The summed E-state index contributed by atoms with van der Waals surface area (Å²) in [7, 11) is 0. The van der Waals surface area contributed by atoms with Gasteiger partial charge in [0.15, 0.2) is 0 Å². The SMILES string of the molecule is CCCCCc1cc(O)c(C2C=C(C)CCC2)c(O)c1SN. The molecule has 22 heavy (non-hydrogen) atoms. The summed E-state index contributed by atoms with van der Waals surface area (Å²) in [6.07, 6.45) is 9.50. The van der Waals surface area contributed by atoms with Crippen LogP contribution in [0.2, 0.25) is 0 Å². The summed E-state index contributed by atoms with van der Waals surface area (Å²) in [5, 5.41) is 26.9. The van der Waals surface area contributed by atoms with Gasteiger partial charge in [-0.25, -0.2) is 0 Å². The first-order chi connectivity index (χ1) is 10.6. The number of unbranched alkanes of at least 4 members (excludes halogenated alkanes) is 2. The minimum Gasteiger partial charge on any atom is -0.507 e. The summed E-state index contributed by atoms with van der Waals surface area (Å²) < 4.78 is 0. The molecule has 4 heteroatoms. The van der Waals surface area contributed by atoms with Crippen molar-refractivity contribution in [2.75, 3.05) is 0 Å². The summed E-state index contributed by atoms with van der Waals surface area (Å²) >= 11 is 1.09. The Labute approximate surface area is 137 Å². The monoisotopic (exact) mass is 321 g/mol. The molecule has 3 nitrogen and oxygen atoms in total. The van der Waals surface area contributed by atoms with Gasteiger partial charge in [0.25, 0.3) is 0 Å². The van der Waals surface area contributed by atoms with Crippen LogP contribution in [-0.4, -0.2) is 10.2 Å². The Kier molecular flexibility index (Phi) is 6.21. The van der Waals surface area contributed by atoms with Gasteiger partial charge < -0.3 is 10.2 Å². The Hall–Kier alpha value is -1.13. The number of aromatic hydroxyl groups is 2. The third-order valence-corrected chi connectivity index (χ3v) is 5.15. The molecular weight excluding hydrogens is 294 g/mol. The lowest BCUT2D eigenvalue weighted by molar-refractivity contribution is 0.418. The fourth-order valence-electron chi connectivity index (χ4n) is 3.29. The summed E-state index contributed by atoms with van der Waals surface area (Å²) in [5.41, 5.74) is 2.92. The lowest BCUT2D eigenvalue weighted by atomic mass is 9.84.